The molecule has 0 bridgehead atoms. The molecule has 1 heterocycles. The van der Waals surface area contributed by atoms with Crippen molar-refractivity contribution in [1.82, 2.24) is 15.6 Å². The van der Waals surface area contributed by atoms with Crippen LogP contribution in [0.5, 0.6) is 17.2 Å². The molecule has 0 saturated carbocycles. The number of nitrogens with zero attached hydrogens (tertiary/aromatic N) is 2. The maximum absolute atomic E-state index is 5.53. The van der Waals surface area contributed by atoms with Crippen LogP contribution in [-0.2, 0) is 19.4 Å². The highest BCUT2D eigenvalue weighted by molar-refractivity contribution is 7.11. The van der Waals surface area contributed by atoms with Crippen LogP contribution in [0.3, 0.4) is 0 Å². The smallest absolute Gasteiger partial charge is 0.203 e. The molecule has 1 aromatic heterocycles. The Morgan fingerprint density at radius 3 is 2.46 bits per heavy atom. The van der Waals surface area contributed by atoms with Crippen molar-refractivity contribution in [1.29, 1.82) is 0 Å². The summed E-state index contributed by atoms with van der Waals surface area (Å²) in [5.74, 6) is 2.60. The van der Waals surface area contributed by atoms with E-state index in [0.29, 0.717) is 23.8 Å². The van der Waals surface area contributed by atoms with Gasteiger partial charge in [-0.3, -0.25) is 0 Å². The van der Waals surface area contributed by atoms with Crippen molar-refractivity contribution >= 4 is 17.3 Å². The Kier molecular flexibility index (Phi) is 8.87. The zero-order valence-electron chi connectivity index (χ0n) is 17.3. The Morgan fingerprint density at radius 2 is 1.86 bits per heavy atom. The van der Waals surface area contributed by atoms with Gasteiger partial charge in [-0.2, -0.15) is 0 Å². The van der Waals surface area contributed by atoms with E-state index in [1.54, 1.807) is 32.7 Å². The van der Waals surface area contributed by atoms with Gasteiger partial charge in [-0.05, 0) is 25.5 Å². The molecule has 0 atom stereocenters. The predicted octanol–water partition coefficient (Wildman–Crippen LogP) is 3.03. The van der Waals surface area contributed by atoms with Crippen LogP contribution in [-0.4, -0.2) is 45.4 Å². The van der Waals surface area contributed by atoms with Gasteiger partial charge in [0.25, 0.3) is 0 Å². The van der Waals surface area contributed by atoms with Crippen molar-refractivity contribution in [2.75, 3.05) is 34.4 Å². The molecule has 0 unspecified atom stereocenters. The maximum atomic E-state index is 5.53. The summed E-state index contributed by atoms with van der Waals surface area (Å²) in [6.07, 6.45) is 3.86. The first kappa shape index (κ1) is 21.8. The van der Waals surface area contributed by atoms with E-state index < -0.39 is 0 Å². The summed E-state index contributed by atoms with van der Waals surface area (Å²) in [5, 5.41) is 7.77. The van der Waals surface area contributed by atoms with Gasteiger partial charge in [-0.25, -0.2) is 9.98 Å². The second-order valence-corrected chi connectivity index (χ2v) is 7.14. The molecule has 0 fully saturated rings. The molecule has 0 amide bonds. The second-order valence-electron chi connectivity index (χ2n) is 5.94. The molecule has 8 heteroatoms. The van der Waals surface area contributed by atoms with Gasteiger partial charge < -0.3 is 24.8 Å². The van der Waals surface area contributed by atoms with E-state index in [1.165, 1.54) is 4.88 Å². The number of methoxy groups -OCH3 is 3. The van der Waals surface area contributed by atoms with Crippen molar-refractivity contribution in [3.8, 4) is 17.2 Å². The molecule has 2 N–H and O–H groups in total. The zero-order valence-corrected chi connectivity index (χ0v) is 18.1. The Labute approximate surface area is 171 Å². The first-order valence-corrected chi connectivity index (χ1v) is 10.2. The standard InChI is InChI=1S/C20H30N4O3S/c1-6-15-13-23-17(28-15)10-11-22-20(21-7-2)24-12-14-8-9-16(25-3)19(27-5)18(14)26-4/h8-9,13H,6-7,10-12H2,1-5H3,(H2,21,22,24). The van der Waals surface area contributed by atoms with E-state index in [1.807, 2.05) is 25.3 Å². The average Bonchev–Trinajstić information content (AvgIpc) is 3.19. The van der Waals surface area contributed by atoms with Crippen LogP contribution in [0.15, 0.2) is 23.3 Å². The van der Waals surface area contributed by atoms with Crippen LogP contribution in [0, 0.1) is 0 Å². The molecule has 154 valence electrons. The van der Waals surface area contributed by atoms with Gasteiger partial charge in [-0.1, -0.05) is 6.92 Å². The SMILES string of the molecule is CCNC(=NCc1ccc(OC)c(OC)c1OC)NCCc1ncc(CC)s1. The minimum absolute atomic E-state index is 0.454. The fourth-order valence-electron chi connectivity index (χ4n) is 2.71. The van der Waals surface area contributed by atoms with Gasteiger partial charge in [0.1, 0.15) is 0 Å². The molecule has 28 heavy (non-hydrogen) atoms. The van der Waals surface area contributed by atoms with Crippen molar-refractivity contribution in [3.63, 3.8) is 0 Å². The molecular weight excluding hydrogens is 376 g/mol. The van der Waals surface area contributed by atoms with E-state index in [2.05, 4.69) is 27.5 Å². The van der Waals surface area contributed by atoms with Gasteiger partial charge in [0, 0.05) is 36.1 Å². The summed E-state index contributed by atoms with van der Waals surface area (Å²) in [6.45, 7) is 6.20. The fourth-order valence-corrected chi connectivity index (χ4v) is 3.57. The van der Waals surface area contributed by atoms with Gasteiger partial charge >= 0.3 is 0 Å². The fraction of sp³-hybridized carbons (Fsp3) is 0.500. The quantitative estimate of drug-likeness (QED) is 0.467. The molecule has 2 aromatic rings. The molecule has 2 rings (SSSR count). The number of aromatic nitrogens is 1. The van der Waals surface area contributed by atoms with E-state index in [-0.39, 0.29) is 0 Å². The average molecular weight is 407 g/mol. The number of hydrogen-bond acceptors (Lipinski definition) is 6. The van der Waals surface area contributed by atoms with Crippen molar-refractivity contribution in [3.05, 3.63) is 33.8 Å². The number of aryl methyl sites for hydroxylation is 1. The molecule has 0 aliphatic heterocycles. The number of guanidine groups is 1. The minimum atomic E-state index is 0.454. The minimum Gasteiger partial charge on any atom is -0.493 e. The van der Waals surface area contributed by atoms with Crippen LogP contribution in [0.25, 0.3) is 0 Å². The topological polar surface area (TPSA) is 77.0 Å². The summed E-state index contributed by atoms with van der Waals surface area (Å²) >= 11 is 1.77. The van der Waals surface area contributed by atoms with Crippen LogP contribution in [0.2, 0.25) is 0 Å². The number of ether oxygens (including phenoxy) is 3. The number of aliphatic imine (C=N–C) groups is 1. The van der Waals surface area contributed by atoms with Crippen molar-refractivity contribution in [2.45, 2.75) is 33.2 Å². The number of benzene rings is 1. The van der Waals surface area contributed by atoms with Gasteiger partial charge in [-0.15, -0.1) is 11.3 Å². The largest absolute Gasteiger partial charge is 0.493 e. The van der Waals surface area contributed by atoms with E-state index in [0.717, 1.165) is 42.5 Å². The molecule has 0 saturated heterocycles. The lowest BCUT2D eigenvalue weighted by molar-refractivity contribution is 0.322. The third-order valence-corrected chi connectivity index (χ3v) is 5.32. The lowest BCUT2D eigenvalue weighted by Gasteiger charge is -2.15. The number of rotatable bonds is 10. The highest BCUT2D eigenvalue weighted by Gasteiger charge is 2.15. The van der Waals surface area contributed by atoms with Crippen molar-refractivity contribution in [2.24, 2.45) is 4.99 Å². The lowest BCUT2D eigenvalue weighted by Crippen LogP contribution is -2.38. The van der Waals surface area contributed by atoms with E-state index in [9.17, 15) is 0 Å². The predicted molar refractivity (Wildman–Crippen MR) is 114 cm³/mol. The van der Waals surface area contributed by atoms with Crippen molar-refractivity contribution < 1.29 is 14.2 Å². The monoisotopic (exact) mass is 406 g/mol. The van der Waals surface area contributed by atoms with Crippen LogP contribution in [0.1, 0.15) is 29.3 Å². The highest BCUT2D eigenvalue weighted by atomic mass is 32.1. The normalized spacial score (nSPS) is 11.2. The number of nitrogens with one attached hydrogen (secondary N) is 2. The van der Waals surface area contributed by atoms with Crippen LogP contribution < -0.4 is 24.8 Å². The van der Waals surface area contributed by atoms with Gasteiger partial charge in [0.2, 0.25) is 5.75 Å². The second kappa shape index (κ2) is 11.4. The molecule has 1 aromatic carbocycles. The summed E-state index contributed by atoms with van der Waals surface area (Å²) in [4.78, 5) is 10.5. The number of hydrogen-bond donors (Lipinski definition) is 2. The summed E-state index contributed by atoms with van der Waals surface area (Å²) < 4.78 is 16.3. The van der Waals surface area contributed by atoms with Gasteiger partial charge in [0.05, 0.1) is 32.9 Å². The maximum Gasteiger partial charge on any atom is 0.203 e. The molecule has 0 radical (unpaired) electrons. The van der Waals surface area contributed by atoms with Gasteiger partial charge in [0.15, 0.2) is 17.5 Å². The Balaban J connectivity index is 2.05. The lowest BCUT2D eigenvalue weighted by atomic mass is 10.1. The van der Waals surface area contributed by atoms with Crippen LogP contribution in [0.4, 0.5) is 0 Å². The summed E-state index contributed by atoms with van der Waals surface area (Å²) in [7, 11) is 4.82. The first-order chi connectivity index (χ1) is 13.7. The zero-order chi connectivity index (χ0) is 20.4. The molecule has 0 aliphatic rings. The summed E-state index contributed by atoms with van der Waals surface area (Å²) in [6, 6.07) is 3.80. The number of thiazole rings is 1. The molecular formula is C20H30N4O3S. The Hall–Kier alpha value is -2.48. The Morgan fingerprint density at radius 1 is 1.07 bits per heavy atom. The van der Waals surface area contributed by atoms with E-state index >= 15 is 0 Å². The van der Waals surface area contributed by atoms with E-state index in [4.69, 9.17) is 14.2 Å². The third-order valence-electron chi connectivity index (χ3n) is 4.12. The molecule has 7 nitrogen and oxygen atoms in total. The Bertz CT molecular complexity index is 777. The third kappa shape index (κ3) is 5.76. The first-order valence-electron chi connectivity index (χ1n) is 9.40. The molecule has 0 aliphatic carbocycles. The highest BCUT2D eigenvalue weighted by Crippen LogP contribution is 2.39. The van der Waals surface area contributed by atoms with Crippen LogP contribution >= 0.6 is 11.3 Å². The summed E-state index contributed by atoms with van der Waals surface area (Å²) in [5.41, 5.74) is 0.921. The molecule has 0 spiro atoms.